The van der Waals surface area contributed by atoms with Crippen molar-refractivity contribution in [1.29, 1.82) is 0 Å². The Labute approximate surface area is 112 Å². The molecule has 0 amide bonds. The Bertz CT molecular complexity index is 564. The molecule has 2 rings (SSSR count). The number of halogens is 1. The summed E-state index contributed by atoms with van der Waals surface area (Å²) in [5.74, 6) is 0.836. The van der Waals surface area contributed by atoms with E-state index in [1.54, 1.807) is 13.0 Å². The highest BCUT2D eigenvalue weighted by Crippen LogP contribution is 2.32. The Balaban J connectivity index is 2.38. The van der Waals surface area contributed by atoms with Gasteiger partial charge in [-0.1, -0.05) is 25.1 Å². The van der Waals surface area contributed by atoms with Gasteiger partial charge in [-0.2, -0.15) is 0 Å². The lowest BCUT2D eigenvalue weighted by atomic mass is 10.1. The lowest BCUT2D eigenvalue weighted by molar-refractivity contribution is 0.195. The minimum Gasteiger partial charge on any atom is -0.457 e. The average Bonchev–Trinajstić information content (AvgIpc) is 2.41. The van der Waals surface area contributed by atoms with E-state index in [4.69, 9.17) is 4.74 Å². The minimum atomic E-state index is -0.778. The second-order valence-electron chi connectivity index (χ2n) is 4.42. The van der Waals surface area contributed by atoms with E-state index in [0.29, 0.717) is 11.3 Å². The molecule has 19 heavy (non-hydrogen) atoms. The van der Waals surface area contributed by atoms with E-state index in [9.17, 15) is 9.50 Å². The van der Waals surface area contributed by atoms with Crippen molar-refractivity contribution >= 4 is 0 Å². The molecule has 2 aromatic rings. The van der Waals surface area contributed by atoms with Gasteiger partial charge in [0.15, 0.2) is 0 Å². The molecule has 0 aliphatic heterocycles. The second-order valence-corrected chi connectivity index (χ2v) is 4.42. The van der Waals surface area contributed by atoms with Crippen molar-refractivity contribution in [2.45, 2.75) is 26.4 Å². The van der Waals surface area contributed by atoms with Crippen LogP contribution in [-0.4, -0.2) is 5.11 Å². The summed E-state index contributed by atoms with van der Waals surface area (Å²) in [5.41, 5.74) is 1.52. The van der Waals surface area contributed by atoms with Crippen molar-refractivity contribution in [1.82, 2.24) is 0 Å². The highest BCUT2D eigenvalue weighted by molar-refractivity contribution is 5.42. The number of hydrogen-bond acceptors (Lipinski definition) is 2. The molecule has 0 aliphatic carbocycles. The van der Waals surface area contributed by atoms with Crippen LogP contribution in [0.4, 0.5) is 4.39 Å². The monoisotopic (exact) mass is 260 g/mol. The quantitative estimate of drug-likeness (QED) is 0.891. The summed E-state index contributed by atoms with van der Waals surface area (Å²) in [6.45, 7) is 3.63. The molecule has 0 saturated heterocycles. The van der Waals surface area contributed by atoms with Crippen molar-refractivity contribution < 1.29 is 14.2 Å². The summed E-state index contributed by atoms with van der Waals surface area (Å²) >= 11 is 0. The van der Waals surface area contributed by atoms with E-state index < -0.39 is 6.10 Å². The van der Waals surface area contributed by atoms with Crippen LogP contribution in [0, 0.1) is 5.82 Å². The number of aliphatic hydroxyl groups is 1. The molecule has 0 bridgehead atoms. The Morgan fingerprint density at radius 3 is 2.58 bits per heavy atom. The number of ether oxygens (including phenoxy) is 1. The van der Waals surface area contributed by atoms with Crippen molar-refractivity contribution in [2.75, 3.05) is 0 Å². The zero-order valence-electron chi connectivity index (χ0n) is 11.1. The van der Waals surface area contributed by atoms with Crippen LogP contribution in [0.25, 0.3) is 0 Å². The van der Waals surface area contributed by atoms with E-state index >= 15 is 0 Å². The zero-order valence-corrected chi connectivity index (χ0v) is 11.1. The van der Waals surface area contributed by atoms with Gasteiger partial charge in [0.1, 0.15) is 17.3 Å². The molecule has 1 atom stereocenters. The Morgan fingerprint density at radius 2 is 1.89 bits per heavy atom. The smallest absolute Gasteiger partial charge is 0.133 e. The number of rotatable bonds is 4. The Morgan fingerprint density at radius 1 is 1.16 bits per heavy atom. The third-order valence-electron chi connectivity index (χ3n) is 3.00. The van der Waals surface area contributed by atoms with Crippen LogP contribution < -0.4 is 4.74 Å². The molecule has 0 radical (unpaired) electrons. The fraction of sp³-hybridized carbons (Fsp3) is 0.250. The Kier molecular flexibility index (Phi) is 4.17. The average molecular weight is 260 g/mol. The maximum absolute atomic E-state index is 13.2. The van der Waals surface area contributed by atoms with E-state index in [2.05, 4.69) is 0 Å². The number of para-hydroxylation sites is 1. The molecule has 0 fully saturated rings. The predicted octanol–water partition coefficient (Wildman–Crippen LogP) is 4.23. The van der Waals surface area contributed by atoms with Crippen LogP contribution in [-0.2, 0) is 6.42 Å². The fourth-order valence-electron chi connectivity index (χ4n) is 1.95. The molecule has 0 spiro atoms. The number of hydrogen-bond donors (Lipinski definition) is 1. The minimum absolute atomic E-state index is 0.382. The van der Waals surface area contributed by atoms with E-state index in [0.717, 1.165) is 17.7 Å². The van der Waals surface area contributed by atoms with Gasteiger partial charge in [0.05, 0.1) is 6.10 Å². The summed E-state index contributed by atoms with van der Waals surface area (Å²) < 4.78 is 19.0. The first-order valence-electron chi connectivity index (χ1n) is 6.35. The van der Waals surface area contributed by atoms with E-state index in [1.807, 2.05) is 31.2 Å². The number of aliphatic hydroxyl groups excluding tert-OH is 1. The summed E-state index contributed by atoms with van der Waals surface area (Å²) in [6, 6.07) is 11.9. The predicted molar refractivity (Wildman–Crippen MR) is 72.9 cm³/mol. The summed E-state index contributed by atoms with van der Waals surface area (Å²) in [5, 5.41) is 9.69. The van der Waals surface area contributed by atoms with Crippen LogP contribution in [0.5, 0.6) is 11.5 Å². The van der Waals surface area contributed by atoms with Gasteiger partial charge in [0, 0.05) is 5.56 Å². The maximum atomic E-state index is 13.2. The molecule has 3 heteroatoms. The van der Waals surface area contributed by atoms with E-state index in [1.165, 1.54) is 12.1 Å². The molecule has 2 aromatic carbocycles. The third kappa shape index (κ3) is 3.12. The van der Waals surface area contributed by atoms with E-state index in [-0.39, 0.29) is 5.82 Å². The lowest BCUT2D eigenvalue weighted by Crippen LogP contribution is -1.98. The molecule has 0 aliphatic rings. The van der Waals surface area contributed by atoms with Gasteiger partial charge in [-0.05, 0) is 43.2 Å². The van der Waals surface area contributed by atoms with Gasteiger partial charge >= 0.3 is 0 Å². The first-order chi connectivity index (χ1) is 9.11. The van der Waals surface area contributed by atoms with Crippen molar-refractivity contribution in [3.05, 3.63) is 59.4 Å². The zero-order chi connectivity index (χ0) is 13.8. The molecular weight excluding hydrogens is 243 g/mol. The molecule has 100 valence electrons. The van der Waals surface area contributed by atoms with Crippen LogP contribution in [0.3, 0.4) is 0 Å². The van der Waals surface area contributed by atoms with Crippen LogP contribution >= 0.6 is 0 Å². The standard InChI is InChI=1S/C16H17FO2/c1-3-12-6-4-5-7-15(12)19-16-9-8-13(17)10-14(16)11(2)18/h4-11,18H,3H2,1-2H3. The highest BCUT2D eigenvalue weighted by Gasteiger charge is 2.12. The molecular formula is C16H17FO2. The Hall–Kier alpha value is -1.87. The second kappa shape index (κ2) is 5.85. The fourth-order valence-corrected chi connectivity index (χ4v) is 1.95. The van der Waals surface area contributed by atoms with Gasteiger partial charge in [-0.15, -0.1) is 0 Å². The summed E-state index contributed by atoms with van der Waals surface area (Å²) in [7, 11) is 0. The summed E-state index contributed by atoms with van der Waals surface area (Å²) in [6.07, 6.45) is 0.0703. The topological polar surface area (TPSA) is 29.5 Å². The van der Waals surface area contributed by atoms with Crippen LogP contribution in [0.2, 0.25) is 0 Å². The van der Waals surface area contributed by atoms with Crippen LogP contribution in [0.1, 0.15) is 31.1 Å². The molecule has 2 nitrogen and oxygen atoms in total. The van der Waals surface area contributed by atoms with Gasteiger partial charge in [-0.3, -0.25) is 0 Å². The highest BCUT2D eigenvalue weighted by atomic mass is 19.1. The number of aryl methyl sites for hydroxylation is 1. The van der Waals surface area contributed by atoms with Gasteiger partial charge in [0.2, 0.25) is 0 Å². The molecule has 0 heterocycles. The lowest BCUT2D eigenvalue weighted by Gasteiger charge is -2.15. The first kappa shape index (κ1) is 13.6. The largest absolute Gasteiger partial charge is 0.457 e. The maximum Gasteiger partial charge on any atom is 0.133 e. The number of benzene rings is 2. The third-order valence-corrected chi connectivity index (χ3v) is 3.00. The molecule has 0 aromatic heterocycles. The van der Waals surface area contributed by atoms with Crippen molar-refractivity contribution in [2.24, 2.45) is 0 Å². The molecule has 1 unspecified atom stereocenters. The van der Waals surface area contributed by atoms with Gasteiger partial charge in [-0.25, -0.2) is 4.39 Å². The van der Waals surface area contributed by atoms with Crippen LogP contribution in [0.15, 0.2) is 42.5 Å². The van der Waals surface area contributed by atoms with Gasteiger partial charge in [0.25, 0.3) is 0 Å². The van der Waals surface area contributed by atoms with Crippen molar-refractivity contribution in [3.8, 4) is 11.5 Å². The SMILES string of the molecule is CCc1ccccc1Oc1ccc(F)cc1C(C)O. The normalized spacial score (nSPS) is 12.2. The molecule has 0 saturated carbocycles. The molecule has 1 N–H and O–H groups in total. The van der Waals surface area contributed by atoms with Gasteiger partial charge < -0.3 is 9.84 Å². The van der Waals surface area contributed by atoms with Crippen molar-refractivity contribution in [3.63, 3.8) is 0 Å². The first-order valence-corrected chi connectivity index (χ1v) is 6.35. The summed E-state index contributed by atoms with van der Waals surface area (Å²) in [4.78, 5) is 0.